The van der Waals surface area contributed by atoms with Gasteiger partial charge < -0.3 is 13.9 Å². The topological polar surface area (TPSA) is 48.7 Å². The SMILES string of the molecule is CCCOc1ccc(OCc2ccc(C=O)o2)cc1. The van der Waals surface area contributed by atoms with Crippen LogP contribution >= 0.6 is 0 Å². The highest BCUT2D eigenvalue weighted by molar-refractivity contribution is 5.70. The van der Waals surface area contributed by atoms with Gasteiger partial charge in [0.05, 0.1) is 6.61 Å². The Bertz CT molecular complexity index is 513. The van der Waals surface area contributed by atoms with E-state index in [0.717, 1.165) is 17.9 Å². The minimum atomic E-state index is 0.295. The molecule has 4 nitrogen and oxygen atoms in total. The third-order valence-corrected chi connectivity index (χ3v) is 2.48. The molecule has 0 spiro atoms. The molecule has 0 radical (unpaired) electrons. The highest BCUT2D eigenvalue weighted by Gasteiger charge is 2.02. The second kappa shape index (κ2) is 6.64. The Hall–Kier alpha value is -2.23. The Kier molecular flexibility index (Phi) is 4.61. The summed E-state index contributed by atoms with van der Waals surface area (Å²) in [5.74, 6) is 2.48. The zero-order valence-corrected chi connectivity index (χ0v) is 10.8. The molecule has 100 valence electrons. The molecule has 2 rings (SSSR count). The van der Waals surface area contributed by atoms with Crippen LogP contribution in [-0.2, 0) is 6.61 Å². The van der Waals surface area contributed by atoms with E-state index in [1.165, 1.54) is 0 Å². The predicted molar refractivity (Wildman–Crippen MR) is 70.7 cm³/mol. The summed E-state index contributed by atoms with van der Waals surface area (Å²) >= 11 is 0. The Morgan fingerprint density at radius 2 is 1.74 bits per heavy atom. The highest BCUT2D eigenvalue weighted by atomic mass is 16.5. The molecule has 0 fully saturated rings. The van der Waals surface area contributed by atoms with Crippen LogP contribution in [0.15, 0.2) is 40.8 Å². The molecule has 1 aromatic carbocycles. The van der Waals surface area contributed by atoms with E-state index in [4.69, 9.17) is 13.9 Å². The van der Waals surface area contributed by atoms with Crippen molar-refractivity contribution in [2.75, 3.05) is 6.61 Å². The van der Waals surface area contributed by atoms with E-state index < -0.39 is 0 Å². The molecule has 1 aromatic heterocycles. The Morgan fingerprint density at radius 3 is 2.32 bits per heavy atom. The molecule has 4 heteroatoms. The molecule has 0 aliphatic rings. The molecule has 0 unspecified atom stereocenters. The van der Waals surface area contributed by atoms with Crippen molar-refractivity contribution in [1.82, 2.24) is 0 Å². The molecular formula is C15H16O4. The number of furan rings is 1. The molecule has 0 N–H and O–H groups in total. The first kappa shape index (κ1) is 13.2. The molecule has 0 saturated heterocycles. The van der Waals surface area contributed by atoms with Gasteiger partial charge in [-0.05, 0) is 42.8 Å². The number of hydrogen-bond donors (Lipinski definition) is 0. The summed E-state index contributed by atoms with van der Waals surface area (Å²) < 4.78 is 16.2. The van der Waals surface area contributed by atoms with Gasteiger partial charge in [-0.3, -0.25) is 4.79 Å². The van der Waals surface area contributed by atoms with Gasteiger partial charge in [0, 0.05) is 0 Å². The molecule has 0 bridgehead atoms. The third-order valence-electron chi connectivity index (χ3n) is 2.48. The van der Waals surface area contributed by atoms with E-state index in [-0.39, 0.29) is 0 Å². The van der Waals surface area contributed by atoms with Crippen molar-refractivity contribution in [3.63, 3.8) is 0 Å². The van der Waals surface area contributed by atoms with Gasteiger partial charge >= 0.3 is 0 Å². The van der Waals surface area contributed by atoms with Crippen molar-refractivity contribution < 1.29 is 18.7 Å². The Balaban J connectivity index is 1.87. The maximum atomic E-state index is 10.5. The molecule has 2 aromatic rings. The molecule has 0 aliphatic heterocycles. The number of hydrogen-bond acceptors (Lipinski definition) is 4. The monoisotopic (exact) mass is 260 g/mol. The smallest absolute Gasteiger partial charge is 0.185 e. The van der Waals surface area contributed by atoms with Gasteiger partial charge in [0.25, 0.3) is 0 Å². The van der Waals surface area contributed by atoms with Gasteiger partial charge in [-0.15, -0.1) is 0 Å². The van der Waals surface area contributed by atoms with Crippen LogP contribution in [0.5, 0.6) is 11.5 Å². The van der Waals surface area contributed by atoms with Gasteiger partial charge in [0.1, 0.15) is 23.9 Å². The number of ether oxygens (including phenoxy) is 2. The average Bonchev–Trinajstić information content (AvgIpc) is 2.92. The summed E-state index contributed by atoms with van der Waals surface area (Å²) in [6, 6.07) is 10.8. The molecule has 1 heterocycles. The van der Waals surface area contributed by atoms with E-state index >= 15 is 0 Å². The van der Waals surface area contributed by atoms with Gasteiger partial charge in [-0.1, -0.05) is 6.92 Å². The minimum Gasteiger partial charge on any atom is -0.494 e. The van der Waals surface area contributed by atoms with Crippen LogP contribution in [0.1, 0.15) is 29.7 Å². The lowest BCUT2D eigenvalue weighted by atomic mass is 10.3. The number of aldehydes is 1. The van der Waals surface area contributed by atoms with Crippen LogP contribution < -0.4 is 9.47 Å². The zero-order chi connectivity index (χ0) is 13.5. The first-order chi connectivity index (χ1) is 9.31. The molecule has 0 atom stereocenters. The predicted octanol–water partition coefficient (Wildman–Crippen LogP) is 3.46. The van der Waals surface area contributed by atoms with Gasteiger partial charge in [0.2, 0.25) is 0 Å². The number of benzene rings is 1. The summed E-state index contributed by atoms with van der Waals surface area (Å²) in [6.07, 6.45) is 1.65. The maximum Gasteiger partial charge on any atom is 0.185 e. The second-order valence-corrected chi connectivity index (χ2v) is 4.03. The van der Waals surface area contributed by atoms with E-state index in [2.05, 4.69) is 6.92 Å². The fraction of sp³-hybridized carbons (Fsp3) is 0.267. The van der Waals surface area contributed by atoms with E-state index in [0.29, 0.717) is 31.0 Å². The lowest BCUT2D eigenvalue weighted by Gasteiger charge is -2.07. The van der Waals surface area contributed by atoms with Crippen molar-refractivity contribution >= 4 is 6.29 Å². The minimum absolute atomic E-state index is 0.295. The largest absolute Gasteiger partial charge is 0.494 e. The second-order valence-electron chi connectivity index (χ2n) is 4.03. The van der Waals surface area contributed by atoms with Crippen LogP contribution in [0.2, 0.25) is 0 Å². The van der Waals surface area contributed by atoms with Crippen LogP contribution in [-0.4, -0.2) is 12.9 Å². The summed E-state index contributed by atoms with van der Waals surface area (Å²) in [4.78, 5) is 10.5. The maximum absolute atomic E-state index is 10.5. The number of carbonyl (C=O) groups is 1. The number of rotatable bonds is 7. The summed E-state index contributed by atoms with van der Waals surface area (Å²) in [5, 5.41) is 0. The lowest BCUT2D eigenvalue weighted by Crippen LogP contribution is -1.96. The van der Waals surface area contributed by atoms with Crippen LogP contribution in [0, 0.1) is 0 Å². The Morgan fingerprint density at radius 1 is 1.05 bits per heavy atom. The standard InChI is InChI=1S/C15H16O4/c1-2-9-17-12-3-5-13(6-4-12)18-11-15-8-7-14(10-16)19-15/h3-8,10H,2,9,11H2,1H3. The fourth-order valence-electron chi connectivity index (χ4n) is 1.54. The first-order valence-corrected chi connectivity index (χ1v) is 6.21. The molecular weight excluding hydrogens is 244 g/mol. The Labute approximate surface area is 111 Å². The van der Waals surface area contributed by atoms with E-state index in [9.17, 15) is 4.79 Å². The highest BCUT2D eigenvalue weighted by Crippen LogP contribution is 2.19. The third kappa shape index (κ3) is 3.88. The van der Waals surface area contributed by atoms with Crippen LogP contribution in [0.3, 0.4) is 0 Å². The van der Waals surface area contributed by atoms with Gasteiger partial charge in [0.15, 0.2) is 12.0 Å². The summed E-state index contributed by atoms with van der Waals surface area (Å²) in [6.45, 7) is 3.07. The van der Waals surface area contributed by atoms with E-state index in [1.807, 2.05) is 24.3 Å². The van der Waals surface area contributed by atoms with Crippen molar-refractivity contribution in [2.45, 2.75) is 20.0 Å². The van der Waals surface area contributed by atoms with Crippen LogP contribution in [0.25, 0.3) is 0 Å². The fourth-order valence-corrected chi connectivity index (χ4v) is 1.54. The lowest BCUT2D eigenvalue weighted by molar-refractivity contribution is 0.109. The van der Waals surface area contributed by atoms with Crippen molar-refractivity contribution in [1.29, 1.82) is 0 Å². The zero-order valence-electron chi connectivity index (χ0n) is 10.8. The molecule has 0 aliphatic carbocycles. The van der Waals surface area contributed by atoms with Crippen molar-refractivity contribution in [3.8, 4) is 11.5 Å². The molecule has 0 saturated carbocycles. The summed E-state index contributed by atoms with van der Waals surface area (Å²) in [5.41, 5.74) is 0. The van der Waals surface area contributed by atoms with Gasteiger partial charge in [-0.25, -0.2) is 0 Å². The average molecular weight is 260 g/mol. The number of carbonyl (C=O) groups excluding carboxylic acids is 1. The van der Waals surface area contributed by atoms with Crippen molar-refractivity contribution in [2.24, 2.45) is 0 Å². The first-order valence-electron chi connectivity index (χ1n) is 6.21. The normalized spacial score (nSPS) is 10.2. The van der Waals surface area contributed by atoms with Gasteiger partial charge in [-0.2, -0.15) is 0 Å². The van der Waals surface area contributed by atoms with E-state index in [1.54, 1.807) is 12.1 Å². The van der Waals surface area contributed by atoms with Crippen molar-refractivity contribution in [3.05, 3.63) is 47.9 Å². The molecule has 0 amide bonds. The summed E-state index contributed by atoms with van der Waals surface area (Å²) in [7, 11) is 0. The van der Waals surface area contributed by atoms with Crippen LogP contribution in [0.4, 0.5) is 0 Å². The quantitative estimate of drug-likeness (QED) is 0.715. The molecule has 19 heavy (non-hydrogen) atoms.